The molecular weight excluding hydrogens is 488 g/mol. The minimum absolute atomic E-state index is 0. The second-order valence-electron chi connectivity index (χ2n) is 8.47. The van der Waals surface area contributed by atoms with Crippen LogP contribution in [0, 0.1) is 10.1 Å². The summed E-state index contributed by atoms with van der Waals surface area (Å²) in [4.78, 5) is 23.9. The molecule has 0 aliphatic carbocycles. The second-order valence-corrected chi connectivity index (χ2v) is 8.47. The summed E-state index contributed by atoms with van der Waals surface area (Å²) >= 11 is 0. The van der Waals surface area contributed by atoms with Crippen molar-refractivity contribution >= 4 is 46.6 Å². The van der Waals surface area contributed by atoms with Crippen LogP contribution in [-0.2, 0) is 17.9 Å². The lowest BCUT2D eigenvalue weighted by Crippen LogP contribution is -2.12. The Bertz CT molecular complexity index is 1440. The van der Waals surface area contributed by atoms with E-state index in [2.05, 4.69) is 28.1 Å². The van der Waals surface area contributed by atoms with Crippen molar-refractivity contribution in [1.82, 2.24) is 5.32 Å². The molecule has 186 valence electrons. The van der Waals surface area contributed by atoms with E-state index in [9.17, 15) is 14.9 Å². The largest absolute Gasteiger partial charge is 0.354 e. The zero-order valence-corrected chi connectivity index (χ0v) is 20.6. The number of non-ortho nitro benzene ring substituents is 1. The summed E-state index contributed by atoms with van der Waals surface area (Å²) in [7, 11) is 0. The van der Waals surface area contributed by atoms with Crippen LogP contribution >= 0.6 is 12.4 Å². The maximum atomic E-state index is 13.0. The third-order valence-corrected chi connectivity index (χ3v) is 6.00. The van der Waals surface area contributed by atoms with Gasteiger partial charge in [-0.2, -0.15) is 0 Å². The molecule has 1 aliphatic rings. The molecule has 3 N–H and O–H groups in total. The Morgan fingerprint density at radius 1 is 0.811 bits per heavy atom. The lowest BCUT2D eigenvalue weighted by molar-refractivity contribution is -0.384. The highest BCUT2D eigenvalue weighted by molar-refractivity contribution is 6.37. The van der Waals surface area contributed by atoms with Crippen molar-refractivity contribution in [1.29, 1.82) is 0 Å². The molecule has 1 aliphatic heterocycles. The van der Waals surface area contributed by atoms with E-state index in [1.165, 1.54) is 17.7 Å². The fraction of sp³-hybridized carbons (Fsp3) is 0.0690. The van der Waals surface area contributed by atoms with Crippen molar-refractivity contribution < 1.29 is 9.72 Å². The minimum Gasteiger partial charge on any atom is -0.354 e. The summed E-state index contributed by atoms with van der Waals surface area (Å²) in [6.45, 7) is 1.51. The van der Waals surface area contributed by atoms with Gasteiger partial charge >= 0.3 is 0 Å². The molecule has 0 radical (unpaired) electrons. The van der Waals surface area contributed by atoms with Crippen LogP contribution in [0.3, 0.4) is 0 Å². The molecule has 4 aromatic carbocycles. The molecule has 37 heavy (non-hydrogen) atoms. The molecule has 0 fully saturated rings. The van der Waals surface area contributed by atoms with E-state index in [0.717, 1.165) is 29.9 Å². The Kier molecular flexibility index (Phi) is 7.98. The highest BCUT2D eigenvalue weighted by Crippen LogP contribution is 2.39. The fourth-order valence-corrected chi connectivity index (χ4v) is 4.20. The van der Waals surface area contributed by atoms with E-state index in [0.29, 0.717) is 22.5 Å². The van der Waals surface area contributed by atoms with Crippen LogP contribution in [-0.4, -0.2) is 10.8 Å². The van der Waals surface area contributed by atoms with Gasteiger partial charge in [0.2, 0.25) is 0 Å². The number of fused-ring (bicyclic) bond motifs is 1. The summed E-state index contributed by atoms with van der Waals surface area (Å²) in [5, 5.41) is 21.0. The van der Waals surface area contributed by atoms with E-state index < -0.39 is 4.92 Å². The van der Waals surface area contributed by atoms with Gasteiger partial charge in [0.05, 0.1) is 16.2 Å². The maximum absolute atomic E-state index is 13.0. The number of hydrogen-bond donors (Lipinski definition) is 3. The molecule has 0 saturated carbocycles. The van der Waals surface area contributed by atoms with Crippen LogP contribution in [0.4, 0.5) is 17.1 Å². The number of nitrogens with one attached hydrogen (secondary N) is 3. The number of benzene rings is 4. The molecule has 0 aromatic heterocycles. The normalized spacial score (nSPS) is 13.2. The molecule has 0 spiro atoms. The van der Waals surface area contributed by atoms with Gasteiger partial charge < -0.3 is 16.0 Å². The summed E-state index contributed by atoms with van der Waals surface area (Å²) in [5.41, 5.74) is 5.90. The van der Waals surface area contributed by atoms with Gasteiger partial charge in [-0.15, -0.1) is 12.4 Å². The molecule has 8 heteroatoms. The van der Waals surface area contributed by atoms with Gasteiger partial charge in [0.25, 0.3) is 11.6 Å². The van der Waals surface area contributed by atoms with Crippen LogP contribution in [0.1, 0.15) is 22.3 Å². The Balaban J connectivity index is 0.00000320. The van der Waals surface area contributed by atoms with E-state index in [4.69, 9.17) is 0 Å². The molecular formula is C29H25ClN4O3. The molecule has 0 atom stereocenters. The summed E-state index contributed by atoms with van der Waals surface area (Å²) in [5.74, 6) is -0.307. The average Bonchev–Trinajstić information content (AvgIpc) is 3.24. The zero-order valence-electron chi connectivity index (χ0n) is 19.8. The van der Waals surface area contributed by atoms with Crippen molar-refractivity contribution in [2.24, 2.45) is 0 Å². The first kappa shape index (κ1) is 25.6. The van der Waals surface area contributed by atoms with Gasteiger partial charge in [-0.3, -0.25) is 14.9 Å². The third kappa shape index (κ3) is 5.86. The first-order chi connectivity index (χ1) is 17.6. The van der Waals surface area contributed by atoms with Gasteiger partial charge in [-0.25, -0.2) is 0 Å². The highest BCUT2D eigenvalue weighted by Gasteiger charge is 2.30. The van der Waals surface area contributed by atoms with Crippen molar-refractivity contribution in [2.45, 2.75) is 13.1 Å². The Labute approximate surface area is 220 Å². The Hall–Kier alpha value is -4.46. The van der Waals surface area contributed by atoms with E-state index in [-0.39, 0.29) is 24.0 Å². The van der Waals surface area contributed by atoms with Crippen LogP contribution in [0.15, 0.2) is 103 Å². The minimum atomic E-state index is -0.457. The van der Waals surface area contributed by atoms with Crippen LogP contribution in [0.5, 0.6) is 0 Å². The number of halogens is 1. The predicted octanol–water partition coefficient (Wildman–Crippen LogP) is 6.24. The van der Waals surface area contributed by atoms with Gasteiger partial charge in [0.1, 0.15) is 0 Å². The van der Waals surface area contributed by atoms with Gasteiger partial charge in [-0.05, 0) is 34.9 Å². The quantitative estimate of drug-likeness (QED) is 0.147. The average molecular weight is 513 g/mol. The number of nitrogens with zero attached hydrogens (tertiary/aromatic N) is 1. The molecule has 0 saturated heterocycles. The highest BCUT2D eigenvalue weighted by atomic mass is 35.5. The second kappa shape index (κ2) is 11.5. The van der Waals surface area contributed by atoms with Gasteiger partial charge in [0, 0.05) is 42.2 Å². The number of nitro benzene ring substituents is 1. The lowest BCUT2D eigenvalue weighted by Gasteiger charge is -2.15. The molecule has 7 nitrogen and oxygen atoms in total. The SMILES string of the molecule is Cl.O=C1Nc2ccc([N+](=O)[O-])cc2C1=C(Nc1ccc(CNCc2ccccc2)cc1)c1ccccc1. The molecule has 0 unspecified atom stereocenters. The molecule has 5 rings (SSSR count). The van der Waals surface area contributed by atoms with E-state index in [1.807, 2.05) is 72.8 Å². The predicted molar refractivity (Wildman–Crippen MR) is 149 cm³/mol. The number of hydrogen-bond acceptors (Lipinski definition) is 5. The standard InChI is InChI=1S/C29H24N4O3.ClH/c34-29-27(25-17-24(33(35)36)15-16-26(25)32-29)28(22-9-5-2-6-10-22)31-23-13-11-21(12-14-23)19-30-18-20-7-3-1-4-8-20;/h1-17,30-31H,18-19H2,(H,32,34);1H. The summed E-state index contributed by atoms with van der Waals surface area (Å²) < 4.78 is 0. The van der Waals surface area contributed by atoms with Gasteiger partial charge in [-0.1, -0.05) is 72.8 Å². The number of carbonyl (C=O) groups excluding carboxylic acids is 1. The van der Waals surface area contributed by atoms with E-state index >= 15 is 0 Å². The first-order valence-electron chi connectivity index (χ1n) is 11.6. The maximum Gasteiger partial charge on any atom is 0.270 e. The molecule has 4 aromatic rings. The Morgan fingerprint density at radius 3 is 2.08 bits per heavy atom. The van der Waals surface area contributed by atoms with E-state index in [1.54, 1.807) is 6.07 Å². The lowest BCUT2D eigenvalue weighted by atomic mass is 9.99. The third-order valence-electron chi connectivity index (χ3n) is 6.00. The number of amides is 1. The zero-order chi connectivity index (χ0) is 24.9. The van der Waals surface area contributed by atoms with Crippen molar-refractivity contribution in [3.63, 3.8) is 0 Å². The Morgan fingerprint density at radius 2 is 1.43 bits per heavy atom. The van der Waals surface area contributed by atoms with Crippen LogP contribution in [0.2, 0.25) is 0 Å². The molecule has 1 amide bonds. The van der Waals surface area contributed by atoms with Crippen molar-refractivity contribution in [3.8, 4) is 0 Å². The van der Waals surface area contributed by atoms with Gasteiger partial charge in [0.15, 0.2) is 0 Å². The van der Waals surface area contributed by atoms with Crippen LogP contribution in [0.25, 0.3) is 11.3 Å². The van der Waals surface area contributed by atoms with Crippen molar-refractivity contribution in [3.05, 3.63) is 135 Å². The summed E-state index contributed by atoms with van der Waals surface area (Å²) in [6.07, 6.45) is 0. The fourth-order valence-electron chi connectivity index (χ4n) is 4.20. The topological polar surface area (TPSA) is 96.3 Å². The molecule has 1 heterocycles. The number of carbonyl (C=O) groups is 1. The number of nitro groups is 1. The van der Waals surface area contributed by atoms with Crippen molar-refractivity contribution in [2.75, 3.05) is 10.6 Å². The smallest absolute Gasteiger partial charge is 0.270 e. The number of rotatable bonds is 8. The monoisotopic (exact) mass is 512 g/mol. The number of anilines is 2. The molecule has 0 bridgehead atoms. The summed E-state index contributed by atoms with van der Waals surface area (Å²) in [6, 6.07) is 32.1. The first-order valence-corrected chi connectivity index (χ1v) is 11.6. The van der Waals surface area contributed by atoms with Crippen LogP contribution < -0.4 is 16.0 Å².